The zero-order valence-corrected chi connectivity index (χ0v) is 13.8. The molecule has 1 amide bonds. The van der Waals surface area contributed by atoms with Crippen LogP contribution in [0.3, 0.4) is 0 Å². The standard InChI is InChI=1S/C19H20N2O2/c1-19(2,3)11-8-9-14-13(10-11)17(21-4)16-12(18(20)22)6-5-7-15(16)23-14/h5-10H,1-4H3,(H2,20,22)/b21-17+. The van der Waals surface area contributed by atoms with Crippen LogP contribution in [-0.2, 0) is 5.41 Å². The van der Waals surface area contributed by atoms with Crippen molar-refractivity contribution in [3.8, 4) is 0 Å². The molecule has 1 heterocycles. The summed E-state index contributed by atoms with van der Waals surface area (Å²) in [5, 5.41) is 2.30. The lowest BCUT2D eigenvalue weighted by atomic mass is 9.86. The number of nitrogens with two attached hydrogens (primary N) is 1. The number of primary amides is 1. The molecule has 1 aromatic heterocycles. The molecule has 23 heavy (non-hydrogen) atoms. The Bertz CT molecular complexity index is 992. The van der Waals surface area contributed by atoms with Crippen LogP contribution in [0.5, 0.6) is 0 Å². The minimum absolute atomic E-state index is 0.0113. The zero-order chi connectivity index (χ0) is 16.8. The average molecular weight is 308 g/mol. The van der Waals surface area contributed by atoms with E-state index in [-0.39, 0.29) is 5.41 Å². The Labute approximate surface area is 134 Å². The Morgan fingerprint density at radius 3 is 2.48 bits per heavy atom. The van der Waals surface area contributed by atoms with E-state index >= 15 is 0 Å². The molecule has 0 atom stereocenters. The fourth-order valence-electron chi connectivity index (χ4n) is 2.82. The van der Waals surface area contributed by atoms with Gasteiger partial charge in [-0.3, -0.25) is 9.79 Å². The van der Waals surface area contributed by atoms with E-state index in [1.165, 1.54) is 5.56 Å². The van der Waals surface area contributed by atoms with E-state index in [0.717, 1.165) is 16.3 Å². The molecule has 0 fully saturated rings. The topological polar surface area (TPSA) is 68.6 Å². The second-order valence-electron chi connectivity index (χ2n) is 6.68. The van der Waals surface area contributed by atoms with Crippen molar-refractivity contribution in [2.75, 3.05) is 7.05 Å². The van der Waals surface area contributed by atoms with Crippen molar-refractivity contribution in [2.24, 2.45) is 10.7 Å². The van der Waals surface area contributed by atoms with Crippen LogP contribution in [0.1, 0.15) is 36.7 Å². The number of rotatable bonds is 1. The first-order valence-electron chi connectivity index (χ1n) is 7.55. The Morgan fingerprint density at radius 1 is 1.13 bits per heavy atom. The summed E-state index contributed by atoms with van der Waals surface area (Å²) >= 11 is 0. The Kier molecular flexibility index (Phi) is 3.48. The molecular weight excluding hydrogens is 288 g/mol. The zero-order valence-electron chi connectivity index (χ0n) is 13.8. The first-order valence-corrected chi connectivity index (χ1v) is 7.55. The van der Waals surface area contributed by atoms with Crippen molar-refractivity contribution >= 4 is 27.8 Å². The van der Waals surface area contributed by atoms with E-state index in [1.54, 1.807) is 19.2 Å². The Hall–Kier alpha value is -2.62. The van der Waals surface area contributed by atoms with Crippen LogP contribution in [-0.4, -0.2) is 13.0 Å². The molecule has 0 saturated carbocycles. The molecule has 3 rings (SSSR count). The van der Waals surface area contributed by atoms with Gasteiger partial charge in [0, 0.05) is 12.4 Å². The lowest BCUT2D eigenvalue weighted by Gasteiger charge is -2.19. The van der Waals surface area contributed by atoms with Crippen LogP contribution >= 0.6 is 0 Å². The highest BCUT2D eigenvalue weighted by molar-refractivity contribution is 6.06. The van der Waals surface area contributed by atoms with Gasteiger partial charge in [0.1, 0.15) is 11.2 Å². The molecule has 0 saturated heterocycles. The lowest BCUT2D eigenvalue weighted by molar-refractivity contribution is 0.100. The lowest BCUT2D eigenvalue weighted by Crippen LogP contribution is -2.17. The van der Waals surface area contributed by atoms with E-state index in [9.17, 15) is 4.79 Å². The third kappa shape index (κ3) is 2.50. The molecule has 2 N–H and O–H groups in total. The number of carbonyl (C=O) groups excluding carboxylic acids is 1. The van der Waals surface area contributed by atoms with Crippen LogP contribution in [0, 0.1) is 0 Å². The average Bonchev–Trinajstić information content (AvgIpc) is 2.50. The van der Waals surface area contributed by atoms with Crippen molar-refractivity contribution in [1.29, 1.82) is 0 Å². The van der Waals surface area contributed by atoms with Gasteiger partial charge in [-0.25, -0.2) is 0 Å². The summed E-state index contributed by atoms with van der Waals surface area (Å²) in [6, 6.07) is 11.4. The van der Waals surface area contributed by atoms with Crippen LogP contribution < -0.4 is 11.1 Å². The molecule has 0 bridgehead atoms. The summed E-state index contributed by atoms with van der Waals surface area (Å²) < 4.78 is 5.98. The van der Waals surface area contributed by atoms with Crippen molar-refractivity contribution in [3.05, 3.63) is 52.9 Å². The number of benzene rings is 2. The first kappa shape index (κ1) is 15.3. The van der Waals surface area contributed by atoms with Crippen molar-refractivity contribution < 1.29 is 9.21 Å². The fraction of sp³-hybridized carbons (Fsp3) is 0.263. The van der Waals surface area contributed by atoms with Crippen molar-refractivity contribution in [1.82, 2.24) is 0 Å². The maximum Gasteiger partial charge on any atom is 0.249 e. The summed E-state index contributed by atoms with van der Waals surface area (Å²) in [5.41, 5.74) is 8.50. The van der Waals surface area contributed by atoms with E-state index in [0.29, 0.717) is 16.5 Å². The number of nitrogens with zero attached hydrogens (tertiary/aromatic N) is 1. The highest BCUT2D eigenvalue weighted by Crippen LogP contribution is 2.27. The van der Waals surface area contributed by atoms with Gasteiger partial charge in [-0.15, -0.1) is 0 Å². The quantitative estimate of drug-likeness (QED) is 0.699. The molecule has 3 aromatic rings. The molecule has 0 spiro atoms. The summed E-state index contributed by atoms with van der Waals surface area (Å²) in [4.78, 5) is 16.2. The predicted molar refractivity (Wildman–Crippen MR) is 92.4 cm³/mol. The summed E-state index contributed by atoms with van der Waals surface area (Å²) in [6.07, 6.45) is 0. The minimum Gasteiger partial charge on any atom is -0.456 e. The molecule has 0 aliphatic rings. The second-order valence-corrected chi connectivity index (χ2v) is 6.68. The molecule has 118 valence electrons. The van der Waals surface area contributed by atoms with Gasteiger partial charge in [0.25, 0.3) is 0 Å². The van der Waals surface area contributed by atoms with Crippen molar-refractivity contribution in [2.45, 2.75) is 26.2 Å². The van der Waals surface area contributed by atoms with Gasteiger partial charge < -0.3 is 10.2 Å². The molecule has 0 radical (unpaired) electrons. The maximum absolute atomic E-state index is 11.8. The van der Waals surface area contributed by atoms with E-state index in [1.807, 2.05) is 12.1 Å². The number of fused-ring (bicyclic) bond motifs is 2. The van der Waals surface area contributed by atoms with E-state index in [4.69, 9.17) is 10.2 Å². The van der Waals surface area contributed by atoms with Gasteiger partial charge in [-0.2, -0.15) is 0 Å². The van der Waals surface area contributed by atoms with Gasteiger partial charge >= 0.3 is 0 Å². The first-order chi connectivity index (χ1) is 10.8. The number of amides is 1. The predicted octanol–water partition coefficient (Wildman–Crippen LogP) is 3.51. The van der Waals surface area contributed by atoms with Gasteiger partial charge in [-0.1, -0.05) is 32.9 Å². The van der Waals surface area contributed by atoms with Crippen LogP contribution in [0.4, 0.5) is 0 Å². The molecule has 4 heteroatoms. The normalized spacial score (nSPS) is 13.0. The third-order valence-electron chi connectivity index (χ3n) is 4.07. The Balaban J connectivity index is 2.54. The highest BCUT2D eigenvalue weighted by Gasteiger charge is 2.17. The highest BCUT2D eigenvalue weighted by atomic mass is 16.3. The summed E-state index contributed by atoms with van der Waals surface area (Å²) in [7, 11) is 1.72. The van der Waals surface area contributed by atoms with Gasteiger partial charge in [-0.05, 0) is 35.2 Å². The van der Waals surface area contributed by atoms with Gasteiger partial charge in [0.05, 0.1) is 16.3 Å². The molecular formula is C19H20N2O2. The van der Waals surface area contributed by atoms with Crippen LogP contribution in [0.2, 0.25) is 0 Å². The fourth-order valence-corrected chi connectivity index (χ4v) is 2.82. The van der Waals surface area contributed by atoms with Gasteiger partial charge in [0.15, 0.2) is 0 Å². The second kappa shape index (κ2) is 5.23. The summed E-state index contributed by atoms with van der Waals surface area (Å²) in [6.45, 7) is 6.47. The molecule has 4 nitrogen and oxygen atoms in total. The van der Waals surface area contributed by atoms with Gasteiger partial charge in [0.2, 0.25) is 5.91 Å². The maximum atomic E-state index is 11.8. The molecule has 0 unspecified atom stereocenters. The summed E-state index contributed by atoms with van der Waals surface area (Å²) in [5.74, 6) is -0.484. The molecule has 0 aliphatic carbocycles. The molecule has 2 aromatic carbocycles. The number of hydrogen-bond acceptors (Lipinski definition) is 3. The number of carbonyl (C=O) groups is 1. The van der Waals surface area contributed by atoms with Crippen molar-refractivity contribution in [3.63, 3.8) is 0 Å². The van der Waals surface area contributed by atoms with Crippen LogP contribution in [0.15, 0.2) is 45.8 Å². The van der Waals surface area contributed by atoms with Crippen LogP contribution in [0.25, 0.3) is 21.9 Å². The monoisotopic (exact) mass is 308 g/mol. The van der Waals surface area contributed by atoms with E-state index in [2.05, 4.69) is 37.9 Å². The SMILES string of the molecule is C/N=c1\c2cc(C(C)(C)C)ccc2oc2cccc(C(N)=O)c12. The third-order valence-corrected chi connectivity index (χ3v) is 4.07. The number of hydrogen-bond donors (Lipinski definition) is 1. The van der Waals surface area contributed by atoms with E-state index < -0.39 is 5.91 Å². The largest absolute Gasteiger partial charge is 0.456 e. The minimum atomic E-state index is -0.484. The Morgan fingerprint density at radius 2 is 1.87 bits per heavy atom. The molecule has 0 aliphatic heterocycles. The smallest absolute Gasteiger partial charge is 0.249 e.